The minimum absolute atomic E-state index is 0.0412. The Balaban J connectivity index is 1.95. The van der Waals surface area contributed by atoms with Gasteiger partial charge in [-0.05, 0) is 67.8 Å². The molecular formula is C19H32O3. The van der Waals surface area contributed by atoms with E-state index in [1.54, 1.807) is 6.08 Å². The molecule has 2 saturated carbocycles. The smallest absolute Gasteiger partial charge is 0.185 e. The third-order valence-electron chi connectivity index (χ3n) is 7.49. The molecule has 0 aromatic carbocycles. The number of aliphatic hydroxyl groups excluding tert-OH is 1. The second-order valence-corrected chi connectivity index (χ2v) is 9.03. The fourth-order valence-corrected chi connectivity index (χ4v) is 6.20. The van der Waals surface area contributed by atoms with Crippen LogP contribution in [0.1, 0.15) is 66.2 Å². The highest BCUT2D eigenvalue weighted by Crippen LogP contribution is 2.65. The van der Waals surface area contributed by atoms with Gasteiger partial charge in [0.05, 0.1) is 11.7 Å². The summed E-state index contributed by atoms with van der Waals surface area (Å²) in [4.78, 5) is 0. The number of hydrogen-bond acceptors (Lipinski definition) is 3. The summed E-state index contributed by atoms with van der Waals surface area (Å²) < 4.78 is 6.20. The Labute approximate surface area is 134 Å². The van der Waals surface area contributed by atoms with Crippen molar-refractivity contribution in [3.8, 4) is 0 Å². The van der Waals surface area contributed by atoms with Gasteiger partial charge >= 0.3 is 0 Å². The van der Waals surface area contributed by atoms with Gasteiger partial charge in [-0.25, -0.2) is 0 Å². The van der Waals surface area contributed by atoms with Crippen molar-refractivity contribution >= 4 is 0 Å². The Kier molecular flexibility index (Phi) is 3.60. The lowest BCUT2D eigenvalue weighted by molar-refractivity contribution is -0.318. The zero-order valence-corrected chi connectivity index (χ0v) is 14.6. The lowest BCUT2D eigenvalue weighted by atomic mass is 9.44. The Morgan fingerprint density at radius 2 is 1.64 bits per heavy atom. The van der Waals surface area contributed by atoms with Crippen LogP contribution >= 0.6 is 0 Å². The number of ether oxygens (including phenoxy) is 1. The molecule has 2 aliphatic carbocycles. The van der Waals surface area contributed by atoms with E-state index in [9.17, 15) is 10.2 Å². The lowest BCUT2D eigenvalue weighted by Crippen LogP contribution is -2.64. The van der Waals surface area contributed by atoms with Gasteiger partial charge in [-0.1, -0.05) is 27.4 Å². The summed E-state index contributed by atoms with van der Waals surface area (Å²) in [5.41, 5.74) is -0.149. The molecule has 0 aromatic rings. The van der Waals surface area contributed by atoms with Gasteiger partial charge in [-0.2, -0.15) is 0 Å². The van der Waals surface area contributed by atoms with Crippen LogP contribution in [0.4, 0.5) is 0 Å². The Hall–Kier alpha value is -0.380. The molecule has 126 valence electrons. The van der Waals surface area contributed by atoms with Crippen LogP contribution in [-0.2, 0) is 4.74 Å². The van der Waals surface area contributed by atoms with Gasteiger partial charge in [-0.3, -0.25) is 0 Å². The third-order valence-corrected chi connectivity index (χ3v) is 7.49. The molecule has 3 heteroatoms. The zero-order valence-electron chi connectivity index (χ0n) is 14.6. The second-order valence-electron chi connectivity index (χ2n) is 9.03. The molecule has 3 fully saturated rings. The van der Waals surface area contributed by atoms with Crippen molar-refractivity contribution in [3.05, 3.63) is 12.7 Å². The highest BCUT2D eigenvalue weighted by Gasteiger charge is 2.63. The maximum atomic E-state index is 10.5. The number of fused-ring (bicyclic) bond motifs is 3. The average Bonchev–Trinajstić information content (AvgIpc) is 2.42. The van der Waals surface area contributed by atoms with Crippen molar-refractivity contribution in [2.24, 2.45) is 22.7 Å². The SMILES string of the molecule is C=C[C@@]1(O)CC[C@H]2[C@]3(C)CC[C@H](O)C(C)(C)[C@H]3CC[C@]2(C)O1. The molecule has 0 radical (unpaired) electrons. The van der Waals surface area contributed by atoms with E-state index in [1.807, 2.05) is 0 Å². The summed E-state index contributed by atoms with van der Waals surface area (Å²) in [5, 5.41) is 21.0. The van der Waals surface area contributed by atoms with Crippen molar-refractivity contribution in [1.29, 1.82) is 0 Å². The Bertz CT molecular complexity index is 473. The van der Waals surface area contributed by atoms with E-state index in [0.717, 1.165) is 32.1 Å². The first-order valence-corrected chi connectivity index (χ1v) is 8.82. The van der Waals surface area contributed by atoms with Gasteiger partial charge in [0.25, 0.3) is 0 Å². The molecule has 0 bridgehead atoms. The van der Waals surface area contributed by atoms with Crippen LogP contribution in [0.15, 0.2) is 12.7 Å². The van der Waals surface area contributed by atoms with Crippen LogP contribution < -0.4 is 0 Å². The average molecular weight is 308 g/mol. The van der Waals surface area contributed by atoms with Crippen molar-refractivity contribution in [2.75, 3.05) is 0 Å². The number of hydrogen-bond donors (Lipinski definition) is 2. The predicted molar refractivity (Wildman–Crippen MR) is 87.2 cm³/mol. The molecule has 0 aromatic heterocycles. The molecule has 1 heterocycles. The third kappa shape index (κ3) is 2.12. The first-order valence-electron chi connectivity index (χ1n) is 8.82. The first-order chi connectivity index (χ1) is 10.1. The maximum absolute atomic E-state index is 10.5. The fraction of sp³-hybridized carbons (Fsp3) is 0.895. The van der Waals surface area contributed by atoms with Crippen LogP contribution in [0.5, 0.6) is 0 Å². The quantitative estimate of drug-likeness (QED) is 0.727. The van der Waals surface area contributed by atoms with E-state index in [1.165, 1.54) is 0 Å². The summed E-state index contributed by atoms with van der Waals surface area (Å²) in [5.74, 6) is -0.218. The summed E-state index contributed by atoms with van der Waals surface area (Å²) in [7, 11) is 0. The molecule has 0 unspecified atom stereocenters. The van der Waals surface area contributed by atoms with Crippen LogP contribution in [0.3, 0.4) is 0 Å². The van der Waals surface area contributed by atoms with E-state index < -0.39 is 5.79 Å². The van der Waals surface area contributed by atoms with E-state index in [4.69, 9.17) is 4.74 Å². The van der Waals surface area contributed by atoms with Gasteiger partial charge in [0.2, 0.25) is 0 Å². The molecule has 0 spiro atoms. The maximum Gasteiger partial charge on any atom is 0.185 e. The first kappa shape index (κ1) is 16.5. The zero-order chi connectivity index (χ0) is 16.4. The van der Waals surface area contributed by atoms with E-state index in [-0.39, 0.29) is 22.5 Å². The topological polar surface area (TPSA) is 49.7 Å². The van der Waals surface area contributed by atoms with Crippen LogP contribution in [0.25, 0.3) is 0 Å². The molecular weight excluding hydrogens is 276 g/mol. The van der Waals surface area contributed by atoms with Crippen LogP contribution in [-0.4, -0.2) is 27.7 Å². The number of rotatable bonds is 1. The minimum atomic E-state index is -1.17. The van der Waals surface area contributed by atoms with Crippen molar-refractivity contribution in [2.45, 2.75) is 83.7 Å². The van der Waals surface area contributed by atoms with Crippen molar-refractivity contribution in [1.82, 2.24) is 0 Å². The van der Waals surface area contributed by atoms with Crippen LogP contribution in [0.2, 0.25) is 0 Å². The molecule has 1 aliphatic heterocycles. The molecule has 3 aliphatic rings. The molecule has 3 rings (SSSR count). The van der Waals surface area contributed by atoms with E-state index in [0.29, 0.717) is 18.3 Å². The monoisotopic (exact) mass is 308 g/mol. The second kappa shape index (κ2) is 4.81. The number of aliphatic hydroxyl groups is 2. The Morgan fingerprint density at radius 3 is 2.27 bits per heavy atom. The molecule has 0 amide bonds. The minimum Gasteiger partial charge on any atom is -0.393 e. The Morgan fingerprint density at radius 1 is 1.00 bits per heavy atom. The van der Waals surface area contributed by atoms with E-state index >= 15 is 0 Å². The normalized spacial score (nSPS) is 54.2. The van der Waals surface area contributed by atoms with Gasteiger partial charge in [0.15, 0.2) is 5.79 Å². The molecule has 6 atom stereocenters. The van der Waals surface area contributed by atoms with Gasteiger partial charge in [0.1, 0.15) is 0 Å². The van der Waals surface area contributed by atoms with Gasteiger partial charge < -0.3 is 14.9 Å². The van der Waals surface area contributed by atoms with E-state index in [2.05, 4.69) is 34.3 Å². The standard InChI is InChI=1S/C19H32O3/c1-6-19(21)12-8-14-17(4)10-9-15(20)16(2,3)13(17)7-11-18(14,5)22-19/h6,13-15,20-21H,1,7-12H2,2-5H3/t13-,14+,15+,17-,18+,19+/m1/s1. The van der Waals surface area contributed by atoms with Gasteiger partial charge in [0, 0.05) is 6.42 Å². The predicted octanol–water partition coefficient (Wildman–Crippen LogP) is 3.64. The van der Waals surface area contributed by atoms with Crippen molar-refractivity contribution in [3.63, 3.8) is 0 Å². The molecule has 2 N–H and O–H groups in total. The lowest BCUT2D eigenvalue weighted by Gasteiger charge is -2.65. The molecule has 1 saturated heterocycles. The molecule has 3 nitrogen and oxygen atoms in total. The highest BCUT2D eigenvalue weighted by molar-refractivity contribution is 5.12. The summed E-state index contributed by atoms with van der Waals surface area (Å²) >= 11 is 0. The highest BCUT2D eigenvalue weighted by atomic mass is 16.6. The summed E-state index contributed by atoms with van der Waals surface area (Å²) in [6.07, 6.45) is 6.88. The fourth-order valence-electron chi connectivity index (χ4n) is 6.20. The van der Waals surface area contributed by atoms with Crippen molar-refractivity contribution < 1.29 is 14.9 Å². The summed E-state index contributed by atoms with van der Waals surface area (Å²) in [6, 6.07) is 0. The largest absolute Gasteiger partial charge is 0.393 e. The van der Waals surface area contributed by atoms with Crippen LogP contribution in [0, 0.1) is 22.7 Å². The van der Waals surface area contributed by atoms with Gasteiger partial charge in [-0.15, -0.1) is 0 Å². The summed E-state index contributed by atoms with van der Waals surface area (Å²) in [6.45, 7) is 12.8. The molecule has 22 heavy (non-hydrogen) atoms.